The summed E-state index contributed by atoms with van der Waals surface area (Å²) in [6.07, 6.45) is 0. The van der Waals surface area contributed by atoms with Crippen LogP contribution in [0.4, 0.5) is 11.4 Å². The standard InChI is InChI=1S/C20H22N4O3/c1-14(20(26)23-18-7-5-4-6-15(18)12-21)24(2)13-19(25)22-16-8-10-17(27-3)11-9-16/h4-11,14H,13H2,1-3H3,(H,22,25)(H,23,26)/t14-/m1/s1. The molecule has 0 heterocycles. The topological polar surface area (TPSA) is 94.5 Å². The zero-order valence-electron chi connectivity index (χ0n) is 15.5. The van der Waals surface area contributed by atoms with Crippen LogP contribution >= 0.6 is 0 Å². The molecule has 0 saturated heterocycles. The monoisotopic (exact) mass is 366 g/mol. The van der Waals surface area contributed by atoms with E-state index in [2.05, 4.69) is 10.6 Å². The summed E-state index contributed by atoms with van der Waals surface area (Å²) < 4.78 is 5.08. The summed E-state index contributed by atoms with van der Waals surface area (Å²) in [6.45, 7) is 1.74. The van der Waals surface area contributed by atoms with Crippen molar-refractivity contribution in [1.82, 2.24) is 4.90 Å². The van der Waals surface area contributed by atoms with Crippen LogP contribution in [0.5, 0.6) is 5.75 Å². The molecular formula is C20H22N4O3. The van der Waals surface area contributed by atoms with Gasteiger partial charge in [-0.15, -0.1) is 0 Å². The molecule has 27 heavy (non-hydrogen) atoms. The molecule has 2 aromatic rings. The van der Waals surface area contributed by atoms with Crippen LogP contribution in [0.1, 0.15) is 12.5 Å². The maximum absolute atomic E-state index is 12.4. The average molecular weight is 366 g/mol. The van der Waals surface area contributed by atoms with E-state index < -0.39 is 6.04 Å². The van der Waals surface area contributed by atoms with Gasteiger partial charge in [0.2, 0.25) is 11.8 Å². The predicted molar refractivity (Wildman–Crippen MR) is 104 cm³/mol. The number of rotatable bonds is 7. The molecule has 0 radical (unpaired) electrons. The zero-order chi connectivity index (χ0) is 19.8. The van der Waals surface area contributed by atoms with E-state index in [1.54, 1.807) is 74.5 Å². The molecule has 0 fully saturated rings. The molecule has 0 aromatic heterocycles. The largest absolute Gasteiger partial charge is 0.497 e. The minimum atomic E-state index is -0.557. The van der Waals surface area contributed by atoms with Crippen LogP contribution in [0.15, 0.2) is 48.5 Å². The number of nitrogens with zero attached hydrogens (tertiary/aromatic N) is 2. The quantitative estimate of drug-likeness (QED) is 0.785. The van der Waals surface area contributed by atoms with Gasteiger partial charge in [0.1, 0.15) is 11.8 Å². The first-order valence-corrected chi connectivity index (χ1v) is 8.38. The number of hydrogen-bond donors (Lipinski definition) is 2. The van der Waals surface area contributed by atoms with E-state index in [4.69, 9.17) is 10.00 Å². The lowest BCUT2D eigenvalue weighted by Gasteiger charge is -2.23. The molecule has 0 aliphatic heterocycles. The smallest absolute Gasteiger partial charge is 0.241 e. The average Bonchev–Trinajstić information content (AvgIpc) is 2.68. The summed E-state index contributed by atoms with van der Waals surface area (Å²) in [7, 11) is 3.26. The number of benzene rings is 2. The van der Waals surface area contributed by atoms with Crippen molar-refractivity contribution in [3.05, 3.63) is 54.1 Å². The molecule has 7 nitrogen and oxygen atoms in total. The summed E-state index contributed by atoms with van der Waals surface area (Å²) in [6, 6.07) is 15.2. The van der Waals surface area contributed by atoms with Gasteiger partial charge in [-0.05, 0) is 50.4 Å². The van der Waals surface area contributed by atoms with Crippen LogP contribution in [0.25, 0.3) is 0 Å². The van der Waals surface area contributed by atoms with E-state index in [-0.39, 0.29) is 18.4 Å². The van der Waals surface area contributed by atoms with Crippen LogP contribution in [0.3, 0.4) is 0 Å². The third-order valence-electron chi connectivity index (χ3n) is 4.11. The lowest BCUT2D eigenvalue weighted by molar-refractivity contribution is -0.122. The zero-order valence-corrected chi connectivity index (χ0v) is 15.5. The Morgan fingerprint density at radius 3 is 2.44 bits per heavy atom. The maximum atomic E-state index is 12.4. The van der Waals surface area contributed by atoms with Crippen molar-refractivity contribution in [3.8, 4) is 11.8 Å². The third-order valence-corrected chi connectivity index (χ3v) is 4.11. The minimum Gasteiger partial charge on any atom is -0.497 e. The molecule has 1 atom stereocenters. The normalized spacial score (nSPS) is 11.4. The number of methoxy groups -OCH3 is 1. The van der Waals surface area contributed by atoms with Crippen molar-refractivity contribution in [2.24, 2.45) is 0 Å². The molecule has 0 aliphatic carbocycles. The van der Waals surface area contributed by atoms with E-state index >= 15 is 0 Å². The Labute approximate surface area is 158 Å². The number of nitrogens with one attached hydrogen (secondary N) is 2. The highest BCUT2D eigenvalue weighted by Gasteiger charge is 2.21. The highest BCUT2D eigenvalue weighted by Crippen LogP contribution is 2.16. The van der Waals surface area contributed by atoms with Gasteiger partial charge in [-0.3, -0.25) is 14.5 Å². The van der Waals surface area contributed by atoms with Crippen LogP contribution in [-0.2, 0) is 9.59 Å². The summed E-state index contributed by atoms with van der Waals surface area (Å²) in [5.74, 6) is 0.172. The molecule has 7 heteroatoms. The first-order valence-electron chi connectivity index (χ1n) is 8.38. The van der Waals surface area contributed by atoms with Crippen LogP contribution in [0, 0.1) is 11.3 Å². The molecular weight excluding hydrogens is 344 g/mol. The van der Waals surface area contributed by atoms with Crippen molar-refractivity contribution in [2.45, 2.75) is 13.0 Å². The number of amides is 2. The summed E-state index contributed by atoms with van der Waals surface area (Å²) in [5.41, 5.74) is 1.49. The van der Waals surface area contributed by atoms with E-state index in [0.717, 1.165) is 0 Å². The molecule has 0 saturated carbocycles. The number of ether oxygens (including phenoxy) is 1. The van der Waals surface area contributed by atoms with E-state index in [9.17, 15) is 9.59 Å². The molecule has 0 unspecified atom stereocenters. The van der Waals surface area contributed by atoms with Gasteiger partial charge < -0.3 is 15.4 Å². The molecule has 2 aromatic carbocycles. The fourth-order valence-corrected chi connectivity index (χ4v) is 2.37. The van der Waals surface area contributed by atoms with Crippen molar-refractivity contribution >= 4 is 23.2 Å². The van der Waals surface area contributed by atoms with Gasteiger partial charge in [-0.25, -0.2) is 0 Å². The summed E-state index contributed by atoms with van der Waals surface area (Å²) >= 11 is 0. The Bertz CT molecular complexity index is 843. The van der Waals surface area contributed by atoms with E-state index in [0.29, 0.717) is 22.7 Å². The van der Waals surface area contributed by atoms with Gasteiger partial charge in [-0.1, -0.05) is 12.1 Å². The van der Waals surface area contributed by atoms with Gasteiger partial charge in [0.15, 0.2) is 0 Å². The highest BCUT2D eigenvalue weighted by molar-refractivity contribution is 5.97. The van der Waals surface area contributed by atoms with Gasteiger partial charge in [-0.2, -0.15) is 5.26 Å². The lowest BCUT2D eigenvalue weighted by atomic mass is 10.2. The Balaban J connectivity index is 1.91. The second-order valence-electron chi connectivity index (χ2n) is 6.01. The number of carbonyl (C=O) groups excluding carboxylic acids is 2. The number of carbonyl (C=O) groups is 2. The minimum absolute atomic E-state index is 0.0422. The number of para-hydroxylation sites is 1. The van der Waals surface area contributed by atoms with Crippen molar-refractivity contribution in [3.63, 3.8) is 0 Å². The second kappa shape index (κ2) is 9.36. The molecule has 2 amide bonds. The number of nitriles is 1. The van der Waals surface area contributed by atoms with Crippen molar-refractivity contribution < 1.29 is 14.3 Å². The fourth-order valence-electron chi connectivity index (χ4n) is 2.37. The summed E-state index contributed by atoms with van der Waals surface area (Å²) in [4.78, 5) is 26.3. The lowest BCUT2D eigenvalue weighted by Crippen LogP contribution is -2.43. The Kier molecular flexibility index (Phi) is 6.92. The van der Waals surface area contributed by atoms with Crippen molar-refractivity contribution in [1.29, 1.82) is 5.26 Å². The molecule has 140 valence electrons. The van der Waals surface area contributed by atoms with Crippen LogP contribution < -0.4 is 15.4 Å². The van der Waals surface area contributed by atoms with E-state index in [1.165, 1.54) is 0 Å². The highest BCUT2D eigenvalue weighted by atomic mass is 16.5. The first kappa shape index (κ1) is 19.9. The van der Waals surface area contributed by atoms with Gasteiger partial charge in [0.25, 0.3) is 0 Å². The SMILES string of the molecule is COc1ccc(NC(=O)CN(C)[C@H](C)C(=O)Nc2ccccc2C#N)cc1. The number of anilines is 2. The van der Waals surface area contributed by atoms with E-state index in [1.807, 2.05) is 6.07 Å². The van der Waals surface area contributed by atoms with Gasteiger partial charge >= 0.3 is 0 Å². The fraction of sp³-hybridized carbons (Fsp3) is 0.250. The molecule has 0 aliphatic rings. The van der Waals surface area contributed by atoms with Crippen molar-refractivity contribution in [2.75, 3.05) is 31.3 Å². The predicted octanol–water partition coefficient (Wildman–Crippen LogP) is 2.46. The third kappa shape index (κ3) is 5.56. The second-order valence-corrected chi connectivity index (χ2v) is 6.01. The van der Waals surface area contributed by atoms with Crippen LogP contribution in [-0.4, -0.2) is 43.5 Å². The Hall–Kier alpha value is -3.37. The maximum Gasteiger partial charge on any atom is 0.241 e. The number of hydrogen-bond acceptors (Lipinski definition) is 5. The first-order chi connectivity index (χ1) is 12.9. The van der Waals surface area contributed by atoms with Gasteiger partial charge in [0, 0.05) is 5.69 Å². The van der Waals surface area contributed by atoms with Crippen LogP contribution in [0.2, 0.25) is 0 Å². The molecule has 0 spiro atoms. The molecule has 2 N–H and O–H groups in total. The molecule has 2 rings (SSSR count). The number of likely N-dealkylation sites (N-methyl/N-ethyl adjacent to an activating group) is 1. The Morgan fingerprint density at radius 1 is 1.15 bits per heavy atom. The van der Waals surface area contributed by atoms with Gasteiger partial charge in [0.05, 0.1) is 30.9 Å². The summed E-state index contributed by atoms with van der Waals surface area (Å²) in [5, 5.41) is 14.6. The Morgan fingerprint density at radius 2 is 1.81 bits per heavy atom. The molecule has 0 bridgehead atoms.